The number of nitrogens with one attached hydrogen (secondary N) is 1. The van der Waals surface area contributed by atoms with Crippen molar-refractivity contribution < 1.29 is 4.74 Å². The number of ether oxygens (including phenoxy) is 1. The second-order valence-corrected chi connectivity index (χ2v) is 7.48. The molecule has 0 aromatic carbocycles. The summed E-state index contributed by atoms with van der Waals surface area (Å²) in [4.78, 5) is 17.2. The zero-order chi connectivity index (χ0) is 18.2. The van der Waals surface area contributed by atoms with Gasteiger partial charge < -0.3 is 15.0 Å². The summed E-state index contributed by atoms with van der Waals surface area (Å²) in [5, 5.41) is 4.53. The highest BCUT2D eigenvalue weighted by Gasteiger charge is 2.16. The molecule has 1 aliphatic rings. The van der Waals surface area contributed by atoms with Gasteiger partial charge >= 0.3 is 0 Å². The molecule has 0 unspecified atom stereocenters. The van der Waals surface area contributed by atoms with Crippen LogP contribution in [0.5, 0.6) is 5.75 Å². The van der Waals surface area contributed by atoms with Gasteiger partial charge in [-0.15, -0.1) is 11.3 Å². The average Bonchev–Trinajstić information content (AvgIpc) is 3.07. The number of aromatic nitrogens is 2. The van der Waals surface area contributed by atoms with E-state index in [0.717, 1.165) is 31.2 Å². The summed E-state index contributed by atoms with van der Waals surface area (Å²) in [6.07, 6.45) is 8.34. The van der Waals surface area contributed by atoms with E-state index in [1.165, 1.54) is 34.8 Å². The topological polar surface area (TPSA) is 62.6 Å². The monoisotopic (exact) mass is 373 g/mol. The van der Waals surface area contributed by atoms with Crippen molar-refractivity contribution in [1.29, 1.82) is 0 Å². The summed E-state index contributed by atoms with van der Waals surface area (Å²) in [5.74, 6) is 1.66. The van der Waals surface area contributed by atoms with Gasteiger partial charge in [0.05, 0.1) is 25.0 Å². The Labute approximate surface area is 159 Å². The van der Waals surface area contributed by atoms with Crippen molar-refractivity contribution in [2.24, 2.45) is 4.99 Å². The number of guanidine groups is 1. The minimum absolute atomic E-state index is 0.528. The highest BCUT2D eigenvalue weighted by atomic mass is 32.1. The third-order valence-electron chi connectivity index (χ3n) is 4.21. The number of rotatable bonds is 7. The van der Waals surface area contributed by atoms with Crippen LogP contribution in [0.1, 0.15) is 35.3 Å². The number of aryl methyl sites for hydroxylation is 2. The number of hydrogen-bond acceptors (Lipinski definition) is 5. The van der Waals surface area contributed by atoms with E-state index >= 15 is 0 Å². The highest BCUT2D eigenvalue weighted by Crippen LogP contribution is 2.27. The number of nitrogens with zero attached hydrogens (tertiary/aromatic N) is 4. The van der Waals surface area contributed by atoms with Gasteiger partial charge in [-0.25, -0.2) is 9.98 Å². The third-order valence-corrected chi connectivity index (χ3v) is 5.36. The number of fused-ring (bicyclic) bond motifs is 1. The molecule has 0 saturated carbocycles. The molecule has 1 N–H and O–H groups in total. The lowest BCUT2D eigenvalue weighted by atomic mass is 10.0. The molecule has 1 aliphatic carbocycles. The van der Waals surface area contributed by atoms with E-state index in [-0.39, 0.29) is 0 Å². The molecule has 6 nitrogen and oxygen atoms in total. The molecule has 7 heteroatoms. The lowest BCUT2D eigenvalue weighted by Crippen LogP contribution is -2.38. The van der Waals surface area contributed by atoms with Gasteiger partial charge in [-0.2, -0.15) is 0 Å². The van der Waals surface area contributed by atoms with Crippen molar-refractivity contribution in [2.45, 2.75) is 39.2 Å². The maximum absolute atomic E-state index is 5.66. The Bertz CT molecular complexity index is 692. The molecule has 0 amide bonds. The fourth-order valence-electron chi connectivity index (χ4n) is 2.97. The Hall–Kier alpha value is -2.15. The number of aliphatic imine (C=N–C) groups is 1. The second kappa shape index (κ2) is 9.52. The highest BCUT2D eigenvalue weighted by molar-refractivity contribution is 7.11. The van der Waals surface area contributed by atoms with Gasteiger partial charge in [-0.3, -0.25) is 4.98 Å². The summed E-state index contributed by atoms with van der Waals surface area (Å²) in [6, 6.07) is 3.77. The predicted octanol–water partition coefficient (Wildman–Crippen LogP) is 2.89. The summed E-state index contributed by atoms with van der Waals surface area (Å²) < 4.78 is 5.66. The number of pyridine rings is 1. The van der Waals surface area contributed by atoms with Crippen LogP contribution in [0.15, 0.2) is 29.5 Å². The van der Waals surface area contributed by atoms with E-state index in [0.29, 0.717) is 13.2 Å². The molecular formula is C19H27N5OS. The van der Waals surface area contributed by atoms with Crippen molar-refractivity contribution in [3.63, 3.8) is 0 Å². The normalized spacial score (nSPS) is 14.0. The molecule has 2 heterocycles. The van der Waals surface area contributed by atoms with Crippen molar-refractivity contribution in [2.75, 3.05) is 26.7 Å². The van der Waals surface area contributed by atoms with E-state index in [1.807, 2.05) is 23.5 Å². The molecule has 0 aliphatic heterocycles. The fourth-order valence-corrected chi connectivity index (χ4v) is 4.18. The first kappa shape index (κ1) is 18.6. The van der Waals surface area contributed by atoms with Gasteiger partial charge in [0.15, 0.2) is 5.96 Å². The quantitative estimate of drug-likeness (QED) is 0.459. The second-order valence-electron chi connectivity index (χ2n) is 6.31. The smallest absolute Gasteiger partial charge is 0.194 e. The van der Waals surface area contributed by atoms with Crippen molar-refractivity contribution >= 4 is 17.3 Å². The third kappa shape index (κ3) is 5.17. The zero-order valence-corrected chi connectivity index (χ0v) is 16.4. The molecule has 140 valence electrons. The minimum Gasteiger partial charge on any atom is -0.490 e. The first-order valence-corrected chi connectivity index (χ1v) is 10.1. The zero-order valence-electron chi connectivity index (χ0n) is 15.6. The van der Waals surface area contributed by atoms with Crippen LogP contribution in [0.2, 0.25) is 0 Å². The van der Waals surface area contributed by atoms with E-state index in [2.05, 4.69) is 34.2 Å². The van der Waals surface area contributed by atoms with E-state index in [4.69, 9.17) is 9.72 Å². The standard InChI is InChI=1S/C19H27N5OS/c1-3-21-19(22-11-12-25-15-7-6-10-20-13-15)24(2)14-18-23-16-8-4-5-9-17(16)26-18/h6-7,10,13H,3-5,8-9,11-12,14H2,1-2H3,(H,21,22). The molecule has 0 radical (unpaired) electrons. The molecule has 26 heavy (non-hydrogen) atoms. The van der Waals surface area contributed by atoms with Gasteiger partial charge in [0.25, 0.3) is 0 Å². The molecule has 0 spiro atoms. The van der Waals surface area contributed by atoms with Crippen LogP contribution in [-0.4, -0.2) is 47.6 Å². The summed E-state index contributed by atoms with van der Waals surface area (Å²) in [5.41, 5.74) is 1.32. The lowest BCUT2D eigenvalue weighted by Gasteiger charge is -2.21. The SMILES string of the molecule is CCNC(=NCCOc1cccnc1)N(C)Cc1nc2c(s1)CCCC2. The molecule has 2 aromatic heterocycles. The first-order chi connectivity index (χ1) is 12.8. The number of hydrogen-bond donors (Lipinski definition) is 1. The summed E-state index contributed by atoms with van der Waals surface area (Å²) >= 11 is 1.86. The Balaban J connectivity index is 1.54. The van der Waals surface area contributed by atoms with Crippen LogP contribution in [-0.2, 0) is 19.4 Å². The van der Waals surface area contributed by atoms with Crippen molar-refractivity contribution in [3.8, 4) is 5.75 Å². The molecule has 0 atom stereocenters. The van der Waals surface area contributed by atoms with Crippen LogP contribution >= 0.6 is 11.3 Å². The van der Waals surface area contributed by atoms with Gasteiger partial charge in [-0.05, 0) is 44.7 Å². The Morgan fingerprint density at radius 3 is 3.04 bits per heavy atom. The lowest BCUT2D eigenvalue weighted by molar-refractivity contribution is 0.326. The van der Waals surface area contributed by atoms with Crippen LogP contribution in [0.25, 0.3) is 0 Å². The molecule has 0 fully saturated rings. The van der Waals surface area contributed by atoms with Gasteiger partial charge in [-0.1, -0.05) is 0 Å². The maximum atomic E-state index is 5.66. The first-order valence-electron chi connectivity index (χ1n) is 9.26. The van der Waals surface area contributed by atoms with Crippen LogP contribution < -0.4 is 10.1 Å². The van der Waals surface area contributed by atoms with Crippen molar-refractivity contribution in [3.05, 3.63) is 40.1 Å². The molecule has 0 saturated heterocycles. The van der Waals surface area contributed by atoms with Gasteiger partial charge in [0, 0.05) is 24.7 Å². The van der Waals surface area contributed by atoms with E-state index in [1.54, 1.807) is 12.4 Å². The summed E-state index contributed by atoms with van der Waals surface area (Å²) in [6.45, 7) is 4.82. The molecule has 2 aromatic rings. The van der Waals surface area contributed by atoms with Crippen LogP contribution in [0.3, 0.4) is 0 Å². The largest absolute Gasteiger partial charge is 0.490 e. The van der Waals surface area contributed by atoms with Crippen LogP contribution in [0.4, 0.5) is 0 Å². The minimum atomic E-state index is 0.528. The van der Waals surface area contributed by atoms with Crippen molar-refractivity contribution in [1.82, 2.24) is 20.2 Å². The Kier molecular flexibility index (Phi) is 6.82. The maximum Gasteiger partial charge on any atom is 0.194 e. The Morgan fingerprint density at radius 1 is 1.38 bits per heavy atom. The van der Waals surface area contributed by atoms with E-state index in [9.17, 15) is 0 Å². The Morgan fingerprint density at radius 2 is 2.27 bits per heavy atom. The fraction of sp³-hybridized carbons (Fsp3) is 0.526. The van der Waals surface area contributed by atoms with Crippen LogP contribution in [0, 0.1) is 0 Å². The average molecular weight is 374 g/mol. The molecule has 0 bridgehead atoms. The molecule has 3 rings (SSSR count). The molecular weight excluding hydrogens is 346 g/mol. The summed E-state index contributed by atoms with van der Waals surface area (Å²) in [7, 11) is 2.06. The van der Waals surface area contributed by atoms with E-state index < -0.39 is 0 Å². The number of thiazole rings is 1. The van der Waals surface area contributed by atoms with Gasteiger partial charge in [0.1, 0.15) is 17.4 Å². The van der Waals surface area contributed by atoms with Gasteiger partial charge in [0.2, 0.25) is 0 Å². The predicted molar refractivity (Wildman–Crippen MR) is 106 cm³/mol.